The van der Waals surface area contributed by atoms with Crippen LogP contribution in [0.15, 0.2) is 29.3 Å². The van der Waals surface area contributed by atoms with Crippen molar-refractivity contribution in [2.24, 2.45) is 4.99 Å². The summed E-state index contributed by atoms with van der Waals surface area (Å²) in [6.45, 7) is 3.84. The Labute approximate surface area is 164 Å². The van der Waals surface area contributed by atoms with Gasteiger partial charge in [-0.2, -0.15) is 0 Å². The number of carbonyl (C=O) groups is 1. The Hall–Kier alpha value is -1.91. The van der Waals surface area contributed by atoms with Gasteiger partial charge in [-0.15, -0.1) is 24.0 Å². The minimum absolute atomic E-state index is 0. The first-order valence-electron chi connectivity index (χ1n) is 8.01. The van der Waals surface area contributed by atoms with E-state index < -0.39 is 4.92 Å². The first-order chi connectivity index (χ1) is 11.5. The summed E-state index contributed by atoms with van der Waals surface area (Å²) >= 11 is 0. The van der Waals surface area contributed by atoms with Crippen molar-refractivity contribution >= 4 is 41.5 Å². The molecule has 25 heavy (non-hydrogen) atoms. The zero-order valence-electron chi connectivity index (χ0n) is 14.4. The third-order valence-electron chi connectivity index (χ3n) is 4.01. The number of benzene rings is 1. The summed E-state index contributed by atoms with van der Waals surface area (Å²) in [6, 6.07) is 6.59. The predicted octanol–water partition coefficient (Wildman–Crippen LogP) is 1.89. The van der Waals surface area contributed by atoms with E-state index in [0.717, 1.165) is 18.5 Å². The normalized spacial score (nSPS) is 17.0. The molecule has 1 aromatic rings. The molecule has 0 aromatic heterocycles. The highest BCUT2D eigenvalue weighted by molar-refractivity contribution is 14.0. The van der Waals surface area contributed by atoms with E-state index in [9.17, 15) is 14.9 Å². The van der Waals surface area contributed by atoms with Crippen LogP contribution in [0.4, 0.5) is 5.69 Å². The van der Waals surface area contributed by atoms with Crippen LogP contribution in [0.1, 0.15) is 25.3 Å². The molecule has 1 atom stereocenters. The van der Waals surface area contributed by atoms with Gasteiger partial charge in [0.25, 0.3) is 5.69 Å². The number of hydrogen-bond acceptors (Lipinski definition) is 4. The summed E-state index contributed by atoms with van der Waals surface area (Å²) in [7, 11) is 1.69. The molecule has 0 spiro atoms. The monoisotopic (exact) mass is 461 g/mol. The Kier molecular flexibility index (Phi) is 8.59. The van der Waals surface area contributed by atoms with Crippen molar-refractivity contribution in [3.8, 4) is 0 Å². The molecule has 0 aliphatic carbocycles. The number of hydrogen-bond donors (Lipinski definition) is 2. The fourth-order valence-corrected chi connectivity index (χ4v) is 2.64. The van der Waals surface area contributed by atoms with Crippen molar-refractivity contribution < 1.29 is 9.72 Å². The number of guanidine groups is 1. The number of nitro benzene ring substituents is 1. The number of halogens is 1. The van der Waals surface area contributed by atoms with Crippen molar-refractivity contribution in [1.29, 1.82) is 0 Å². The number of non-ortho nitro benzene ring substituents is 1. The van der Waals surface area contributed by atoms with Gasteiger partial charge in [-0.25, -0.2) is 0 Å². The van der Waals surface area contributed by atoms with Gasteiger partial charge in [-0.05, 0) is 12.0 Å². The number of rotatable bonds is 5. The standard InChI is InChI=1S/C16H23N5O3.HI/c1-3-15(22)20-9-8-13(11-20)19-16(17-2)18-10-12-4-6-14(7-5-12)21(23)24;/h4-7,13H,3,8-11H2,1-2H3,(H2,17,18,19);1H. The first kappa shape index (κ1) is 21.1. The van der Waals surface area contributed by atoms with E-state index in [1.54, 1.807) is 19.2 Å². The van der Waals surface area contributed by atoms with E-state index >= 15 is 0 Å². The molecular weight excluding hydrogens is 437 g/mol. The second-order valence-corrected chi connectivity index (χ2v) is 5.67. The molecule has 0 radical (unpaired) electrons. The maximum atomic E-state index is 11.7. The molecule has 0 saturated carbocycles. The Morgan fingerprint density at radius 3 is 2.64 bits per heavy atom. The quantitative estimate of drug-likeness (QED) is 0.229. The summed E-state index contributed by atoms with van der Waals surface area (Å²) in [4.78, 5) is 28.0. The van der Waals surface area contributed by atoms with Crippen LogP contribution in [0.3, 0.4) is 0 Å². The fraction of sp³-hybridized carbons (Fsp3) is 0.500. The van der Waals surface area contributed by atoms with Crippen LogP contribution in [-0.2, 0) is 11.3 Å². The minimum atomic E-state index is -0.416. The van der Waals surface area contributed by atoms with Gasteiger partial charge in [0.2, 0.25) is 5.91 Å². The van der Waals surface area contributed by atoms with Crippen LogP contribution in [-0.4, -0.2) is 47.9 Å². The van der Waals surface area contributed by atoms with Crippen LogP contribution >= 0.6 is 24.0 Å². The van der Waals surface area contributed by atoms with Crippen LogP contribution in [0, 0.1) is 10.1 Å². The third kappa shape index (κ3) is 6.15. The van der Waals surface area contributed by atoms with E-state index in [1.807, 2.05) is 11.8 Å². The second-order valence-electron chi connectivity index (χ2n) is 5.67. The van der Waals surface area contributed by atoms with Crippen molar-refractivity contribution in [2.75, 3.05) is 20.1 Å². The highest BCUT2D eigenvalue weighted by atomic mass is 127. The average molecular weight is 461 g/mol. The maximum absolute atomic E-state index is 11.7. The number of likely N-dealkylation sites (tertiary alicyclic amines) is 1. The van der Waals surface area contributed by atoms with E-state index in [0.29, 0.717) is 25.5 Å². The molecule has 1 fully saturated rings. The predicted molar refractivity (Wildman–Crippen MR) is 107 cm³/mol. The topological polar surface area (TPSA) is 99.9 Å². The first-order valence-corrected chi connectivity index (χ1v) is 8.01. The van der Waals surface area contributed by atoms with Gasteiger partial charge < -0.3 is 15.5 Å². The van der Waals surface area contributed by atoms with Crippen LogP contribution in [0.2, 0.25) is 0 Å². The SMILES string of the molecule is CCC(=O)N1CCC(NC(=NC)NCc2ccc([N+](=O)[O-])cc2)C1.I. The van der Waals surface area contributed by atoms with Crippen molar-refractivity contribution in [3.05, 3.63) is 39.9 Å². The lowest BCUT2D eigenvalue weighted by atomic mass is 10.2. The van der Waals surface area contributed by atoms with Gasteiger partial charge in [0.1, 0.15) is 0 Å². The van der Waals surface area contributed by atoms with Crippen molar-refractivity contribution in [1.82, 2.24) is 15.5 Å². The summed E-state index contributed by atoms with van der Waals surface area (Å²) in [6.07, 6.45) is 1.42. The molecule has 9 heteroatoms. The van der Waals surface area contributed by atoms with Crippen molar-refractivity contribution in [3.63, 3.8) is 0 Å². The smallest absolute Gasteiger partial charge is 0.269 e. The molecular formula is C16H24IN5O3. The van der Waals surface area contributed by atoms with E-state index in [2.05, 4.69) is 15.6 Å². The van der Waals surface area contributed by atoms with Crippen LogP contribution in [0.25, 0.3) is 0 Å². The molecule has 2 rings (SSSR count). The molecule has 2 N–H and O–H groups in total. The molecule has 1 amide bonds. The second kappa shape index (κ2) is 10.2. The Morgan fingerprint density at radius 2 is 2.08 bits per heavy atom. The number of nitro groups is 1. The van der Waals surface area contributed by atoms with Gasteiger partial charge in [-0.3, -0.25) is 19.9 Å². The summed E-state index contributed by atoms with van der Waals surface area (Å²) in [5.74, 6) is 0.831. The lowest BCUT2D eigenvalue weighted by Gasteiger charge is -2.18. The van der Waals surface area contributed by atoms with Crippen LogP contribution < -0.4 is 10.6 Å². The Balaban J connectivity index is 0.00000312. The average Bonchev–Trinajstić information content (AvgIpc) is 3.06. The van der Waals surface area contributed by atoms with E-state index in [1.165, 1.54) is 12.1 Å². The Morgan fingerprint density at radius 1 is 1.40 bits per heavy atom. The van der Waals surface area contributed by atoms with Crippen molar-refractivity contribution in [2.45, 2.75) is 32.4 Å². The Bertz CT molecular complexity index is 621. The minimum Gasteiger partial charge on any atom is -0.352 e. The molecule has 1 heterocycles. The lowest BCUT2D eigenvalue weighted by Crippen LogP contribution is -2.44. The zero-order chi connectivity index (χ0) is 17.5. The van der Waals surface area contributed by atoms with E-state index in [-0.39, 0.29) is 41.6 Å². The molecule has 1 aromatic carbocycles. The third-order valence-corrected chi connectivity index (χ3v) is 4.01. The van der Waals surface area contributed by atoms with Gasteiger partial charge >= 0.3 is 0 Å². The highest BCUT2D eigenvalue weighted by Crippen LogP contribution is 2.12. The molecule has 1 saturated heterocycles. The number of nitrogens with zero attached hydrogens (tertiary/aromatic N) is 3. The summed E-state index contributed by atoms with van der Waals surface area (Å²) < 4.78 is 0. The summed E-state index contributed by atoms with van der Waals surface area (Å²) in [5.41, 5.74) is 1.01. The largest absolute Gasteiger partial charge is 0.352 e. The molecule has 0 bridgehead atoms. The van der Waals surface area contributed by atoms with Crippen LogP contribution in [0.5, 0.6) is 0 Å². The molecule has 1 unspecified atom stereocenters. The number of nitrogens with one attached hydrogen (secondary N) is 2. The maximum Gasteiger partial charge on any atom is 0.269 e. The number of carbonyl (C=O) groups excluding carboxylic acids is 1. The van der Waals surface area contributed by atoms with Gasteiger partial charge in [0.05, 0.1) is 4.92 Å². The lowest BCUT2D eigenvalue weighted by molar-refractivity contribution is -0.384. The van der Waals surface area contributed by atoms with Gasteiger partial charge in [0.15, 0.2) is 5.96 Å². The fourth-order valence-electron chi connectivity index (χ4n) is 2.64. The zero-order valence-corrected chi connectivity index (χ0v) is 16.7. The highest BCUT2D eigenvalue weighted by Gasteiger charge is 2.25. The van der Waals surface area contributed by atoms with E-state index in [4.69, 9.17) is 0 Å². The molecule has 1 aliphatic rings. The summed E-state index contributed by atoms with van der Waals surface area (Å²) in [5, 5.41) is 17.1. The number of amides is 1. The molecule has 1 aliphatic heterocycles. The number of aliphatic imine (C=N–C) groups is 1. The molecule has 8 nitrogen and oxygen atoms in total. The molecule has 138 valence electrons. The van der Waals surface area contributed by atoms with Gasteiger partial charge in [-0.1, -0.05) is 19.1 Å². The van der Waals surface area contributed by atoms with Gasteiger partial charge in [0, 0.05) is 51.3 Å².